The van der Waals surface area contributed by atoms with Crippen LogP contribution < -0.4 is 0 Å². The Labute approximate surface area is 412 Å². The fraction of sp³-hybridized carbons (Fsp3) is 0.950. The van der Waals surface area contributed by atoms with Gasteiger partial charge in [0.25, 0.3) is 0 Å². The third kappa shape index (κ3) is 51.8. The van der Waals surface area contributed by atoms with Crippen molar-refractivity contribution in [1.29, 1.82) is 0 Å². The van der Waals surface area contributed by atoms with Gasteiger partial charge >= 0.3 is 17.9 Å². The van der Waals surface area contributed by atoms with Crippen LogP contribution in [0.5, 0.6) is 0 Å². The van der Waals surface area contributed by atoms with E-state index >= 15 is 0 Å². The summed E-state index contributed by atoms with van der Waals surface area (Å²) in [7, 11) is 0. The molecular formula is C60H116O6. The smallest absolute Gasteiger partial charge is 0.306 e. The lowest BCUT2D eigenvalue weighted by molar-refractivity contribution is -0.167. The van der Waals surface area contributed by atoms with Crippen LogP contribution in [-0.2, 0) is 28.6 Å². The van der Waals surface area contributed by atoms with Crippen LogP contribution in [0.2, 0.25) is 0 Å². The Balaban J connectivity index is 4.29. The molecule has 0 saturated carbocycles. The molecular weight excluding hydrogens is 817 g/mol. The fourth-order valence-electron chi connectivity index (χ4n) is 9.25. The molecule has 6 heteroatoms. The fourth-order valence-corrected chi connectivity index (χ4v) is 9.25. The molecule has 0 aliphatic carbocycles. The number of ether oxygens (including phenoxy) is 3. The quantitative estimate of drug-likeness (QED) is 0.0343. The zero-order chi connectivity index (χ0) is 48.1. The third-order valence-corrected chi connectivity index (χ3v) is 14.2. The first-order valence-corrected chi connectivity index (χ1v) is 29.9. The van der Waals surface area contributed by atoms with E-state index in [4.69, 9.17) is 14.2 Å². The van der Waals surface area contributed by atoms with Gasteiger partial charge in [0.15, 0.2) is 6.10 Å². The van der Waals surface area contributed by atoms with E-state index in [0.717, 1.165) is 63.7 Å². The molecule has 0 saturated heterocycles. The highest BCUT2D eigenvalue weighted by Crippen LogP contribution is 2.19. The Morgan fingerprint density at radius 3 is 0.788 bits per heavy atom. The highest BCUT2D eigenvalue weighted by Gasteiger charge is 2.19. The number of hydrogen-bond donors (Lipinski definition) is 0. The topological polar surface area (TPSA) is 78.9 Å². The molecule has 0 aromatic carbocycles. The Hall–Kier alpha value is -1.59. The number of esters is 3. The molecule has 0 rings (SSSR count). The molecule has 0 N–H and O–H groups in total. The summed E-state index contributed by atoms with van der Waals surface area (Å²) < 4.78 is 16.9. The van der Waals surface area contributed by atoms with E-state index in [2.05, 4.69) is 27.7 Å². The molecule has 2 atom stereocenters. The summed E-state index contributed by atoms with van der Waals surface area (Å²) in [6.07, 6.45) is 59.4. The summed E-state index contributed by atoms with van der Waals surface area (Å²) in [4.78, 5) is 38.2. The lowest BCUT2D eigenvalue weighted by Crippen LogP contribution is -2.30. The average molecular weight is 934 g/mol. The van der Waals surface area contributed by atoms with Crippen molar-refractivity contribution in [1.82, 2.24) is 0 Å². The molecule has 1 unspecified atom stereocenters. The standard InChI is InChI=1S/C60H116O6/c1-5-8-10-12-14-16-18-20-22-24-25-27-28-30-35-39-43-47-51-58(61)64-54-57(55-65-59(62)52-48-44-40-36-33-32-34-38-42-46-50-56(4)7-3)66-60(63)53-49-45-41-37-31-29-26-23-21-19-17-15-13-11-9-6-2/h56-57H,5-55H2,1-4H3/t56?,57-/m1/s1. The molecule has 0 aromatic heterocycles. The van der Waals surface area contributed by atoms with Crippen LogP contribution in [0.1, 0.15) is 342 Å². The van der Waals surface area contributed by atoms with Crippen molar-refractivity contribution in [2.75, 3.05) is 13.2 Å². The molecule has 0 spiro atoms. The largest absolute Gasteiger partial charge is 0.462 e. The van der Waals surface area contributed by atoms with Crippen LogP contribution in [0, 0.1) is 5.92 Å². The maximum absolute atomic E-state index is 12.9. The van der Waals surface area contributed by atoms with Gasteiger partial charge in [-0.2, -0.15) is 0 Å². The van der Waals surface area contributed by atoms with Gasteiger partial charge in [0.05, 0.1) is 0 Å². The van der Waals surface area contributed by atoms with E-state index in [9.17, 15) is 14.4 Å². The van der Waals surface area contributed by atoms with Crippen molar-refractivity contribution in [3.8, 4) is 0 Å². The molecule has 66 heavy (non-hydrogen) atoms. The van der Waals surface area contributed by atoms with Crippen molar-refractivity contribution in [3.05, 3.63) is 0 Å². The van der Waals surface area contributed by atoms with Gasteiger partial charge in [-0.15, -0.1) is 0 Å². The molecule has 0 fully saturated rings. The molecule has 6 nitrogen and oxygen atoms in total. The highest BCUT2D eigenvalue weighted by molar-refractivity contribution is 5.71. The van der Waals surface area contributed by atoms with Crippen LogP contribution in [0.3, 0.4) is 0 Å². The lowest BCUT2D eigenvalue weighted by atomic mass is 9.99. The molecule has 0 aliphatic heterocycles. The number of carbonyl (C=O) groups excluding carboxylic acids is 3. The average Bonchev–Trinajstić information content (AvgIpc) is 3.32. The van der Waals surface area contributed by atoms with Gasteiger partial charge in [-0.25, -0.2) is 0 Å². The monoisotopic (exact) mass is 933 g/mol. The minimum Gasteiger partial charge on any atom is -0.462 e. The van der Waals surface area contributed by atoms with Crippen molar-refractivity contribution >= 4 is 17.9 Å². The summed E-state index contributed by atoms with van der Waals surface area (Å²) in [6.45, 7) is 9.09. The summed E-state index contributed by atoms with van der Waals surface area (Å²) in [5, 5.41) is 0. The predicted octanol–water partition coefficient (Wildman–Crippen LogP) is 19.8. The van der Waals surface area contributed by atoms with Crippen LogP contribution >= 0.6 is 0 Å². The van der Waals surface area contributed by atoms with Crippen molar-refractivity contribution < 1.29 is 28.6 Å². The predicted molar refractivity (Wildman–Crippen MR) is 284 cm³/mol. The Bertz CT molecular complexity index is 998. The van der Waals surface area contributed by atoms with Gasteiger partial charge in [-0.05, 0) is 25.2 Å². The minimum absolute atomic E-state index is 0.0618. The first-order chi connectivity index (χ1) is 32.4. The van der Waals surface area contributed by atoms with E-state index in [-0.39, 0.29) is 31.1 Å². The second-order valence-electron chi connectivity index (χ2n) is 20.9. The summed E-state index contributed by atoms with van der Waals surface area (Å²) in [5.41, 5.74) is 0. The van der Waals surface area contributed by atoms with Crippen LogP contribution in [-0.4, -0.2) is 37.2 Å². The summed E-state index contributed by atoms with van der Waals surface area (Å²) >= 11 is 0. The second kappa shape index (κ2) is 54.4. The molecule has 0 radical (unpaired) electrons. The van der Waals surface area contributed by atoms with Gasteiger partial charge < -0.3 is 14.2 Å². The van der Waals surface area contributed by atoms with Crippen molar-refractivity contribution in [2.24, 2.45) is 5.92 Å². The third-order valence-electron chi connectivity index (χ3n) is 14.2. The SMILES string of the molecule is CCCCCCCCCCCCCCCCCCCCC(=O)OC[C@H](COC(=O)CCCCCCCCCCCCC(C)CC)OC(=O)CCCCCCCCCCCCCCCCCC. The maximum Gasteiger partial charge on any atom is 0.306 e. The first kappa shape index (κ1) is 64.4. The van der Waals surface area contributed by atoms with E-state index in [1.165, 1.54) is 238 Å². The van der Waals surface area contributed by atoms with Gasteiger partial charge in [0.1, 0.15) is 13.2 Å². The minimum atomic E-state index is -0.762. The first-order valence-electron chi connectivity index (χ1n) is 29.9. The van der Waals surface area contributed by atoms with E-state index in [0.29, 0.717) is 19.3 Å². The Morgan fingerprint density at radius 1 is 0.303 bits per heavy atom. The lowest BCUT2D eigenvalue weighted by Gasteiger charge is -2.18. The molecule has 392 valence electrons. The second-order valence-corrected chi connectivity index (χ2v) is 20.9. The zero-order valence-electron chi connectivity index (χ0n) is 45.2. The number of hydrogen-bond acceptors (Lipinski definition) is 6. The summed E-state index contributed by atoms with van der Waals surface area (Å²) in [6, 6.07) is 0. The van der Waals surface area contributed by atoms with Crippen molar-refractivity contribution in [3.63, 3.8) is 0 Å². The molecule has 0 aromatic rings. The zero-order valence-corrected chi connectivity index (χ0v) is 45.2. The summed E-state index contributed by atoms with van der Waals surface area (Å²) in [5.74, 6) is 0.0361. The molecule has 0 heterocycles. The van der Waals surface area contributed by atoms with E-state index < -0.39 is 6.10 Å². The normalized spacial score (nSPS) is 12.4. The van der Waals surface area contributed by atoms with Gasteiger partial charge in [-0.3, -0.25) is 14.4 Å². The Morgan fingerprint density at radius 2 is 0.530 bits per heavy atom. The highest BCUT2D eigenvalue weighted by atomic mass is 16.6. The molecule has 0 aliphatic rings. The van der Waals surface area contributed by atoms with Gasteiger partial charge in [0, 0.05) is 19.3 Å². The maximum atomic E-state index is 12.9. The molecule has 0 bridgehead atoms. The number of rotatable bonds is 55. The molecule has 0 amide bonds. The number of carbonyl (C=O) groups is 3. The van der Waals surface area contributed by atoms with Crippen LogP contribution in [0.4, 0.5) is 0 Å². The van der Waals surface area contributed by atoms with E-state index in [1.54, 1.807) is 0 Å². The van der Waals surface area contributed by atoms with Crippen molar-refractivity contribution in [2.45, 2.75) is 348 Å². The van der Waals surface area contributed by atoms with Gasteiger partial charge in [0.2, 0.25) is 0 Å². The Kier molecular flexibility index (Phi) is 53.0. The van der Waals surface area contributed by atoms with Crippen LogP contribution in [0.25, 0.3) is 0 Å². The number of unbranched alkanes of at least 4 members (excludes halogenated alkanes) is 41. The van der Waals surface area contributed by atoms with Crippen LogP contribution in [0.15, 0.2) is 0 Å². The van der Waals surface area contributed by atoms with Gasteiger partial charge in [-0.1, -0.05) is 304 Å². The van der Waals surface area contributed by atoms with E-state index in [1.807, 2.05) is 0 Å².